The minimum absolute atomic E-state index is 0.522. The van der Waals surface area contributed by atoms with Gasteiger partial charge in [0.1, 0.15) is 0 Å². The van der Waals surface area contributed by atoms with Crippen molar-refractivity contribution < 1.29 is 0 Å². The summed E-state index contributed by atoms with van der Waals surface area (Å²) < 4.78 is 0. The van der Waals surface area contributed by atoms with Crippen LogP contribution in [0, 0.1) is 0 Å². The minimum atomic E-state index is 0.522. The Morgan fingerprint density at radius 3 is 2.86 bits per heavy atom. The fraction of sp³-hybridized carbons (Fsp3) is 0.0909. The molecule has 0 aliphatic heterocycles. The van der Waals surface area contributed by atoms with Gasteiger partial charge < -0.3 is 0 Å². The number of rotatable bonds is 2. The highest BCUT2D eigenvalue weighted by Crippen LogP contribution is 2.17. The van der Waals surface area contributed by atoms with Crippen LogP contribution in [-0.4, -0.2) is 9.97 Å². The summed E-state index contributed by atoms with van der Waals surface area (Å²) >= 11 is 5.75. The maximum Gasteiger partial charge on any atom is 0.0885 e. The van der Waals surface area contributed by atoms with Crippen LogP contribution in [0.25, 0.3) is 11.3 Å². The molecule has 3 heteroatoms. The Morgan fingerprint density at radius 1 is 1.21 bits per heavy atom. The topological polar surface area (TPSA) is 25.8 Å². The highest BCUT2D eigenvalue weighted by atomic mass is 35.5. The molecule has 14 heavy (non-hydrogen) atoms. The average Bonchev–Trinajstić information content (AvgIpc) is 2.30. The predicted molar refractivity (Wildman–Crippen MR) is 57.0 cm³/mol. The van der Waals surface area contributed by atoms with Crippen LogP contribution in [0.2, 0.25) is 0 Å². The number of nitrogens with zero attached hydrogens (tertiary/aromatic N) is 2. The van der Waals surface area contributed by atoms with E-state index in [9.17, 15) is 0 Å². The summed E-state index contributed by atoms with van der Waals surface area (Å²) in [5, 5.41) is 0. The molecule has 0 aliphatic carbocycles. The van der Waals surface area contributed by atoms with Gasteiger partial charge in [-0.3, -0.25) is 9.97 Å². The normalized spacial score (nSPS) is 10.1. The van der Waals surface area contributed by atoms with Gasteiger partial charge in [0.2, 0.25) is 0 Å². The van der Waals surface area contributed by atoms with E-state index < -0.39 is 0 Å². The van der Waals surface area contributed by atoms with Crippen molar-refractivity contribution in [2.75, 3.05) is 0 Å². The first-order valence-electron chi connectivity index (χ1n) is 4.31. The first-order valence-corrected chi connectivity index (χ1v) is 4.85. The molecular weight excluding hydrogens is 196 g/mol. The smallest absolute Gasteiger partial charge is 0.0885 e. The Morgan fingerprint density at radius 2 is 2.14 bits per heavy atom. The fourth-order valence-electron chi connectivity index (χ4n) is 1.26. The van der Waals surface area contributed by atoms with E-state index in [1.807, 2.05) is 24.3 Å². The van der Waals surface area contributed by atoms with Crippen LogP contribution in [0.3, 0.4) is 0 Å². The van der Waals surface area contributed by atoms with Gasteiger partial charge in [0.15, 0.2) is 0 Å². The number of aromatic nitrogens is 2. The molecule has 0 saturated carbocycles. The molecule has 0 radical (unpaired) electrons. The fourth-order valence-corrected chi connectivity index (χ4v) is 1.43. The molecule has 1 heterocycles. The van der Waals surface area contributed by atoms with Crippen molar-refractivity contribution in [3.05, 3.63) is 48.4 Å². The van der Waals surface area contributed by atoms with Crippen LogP contribution in [0.15, 0.2) is 42.9 Å². The summed E-state index contributed by atoms with van der Waals surface area (Å²) in [6, 6.07) is 7.99. The molecular formula is C11H9ClN2. The van der Waals surface area contributed by atoms with Gasteiger partial charge in [-0.2, -0.15) is 0 Å². The highest BCUT2D eigenvalue weighted by Gasteiger charge is 1.98. The number of hydrogen-bond acceptors (Lipinski definition) is 2. The van der Waals surface area contributed by atoms with Gasteiger partial charge in [-0.05, 0) is 11.6 Å². The number of halogens is 1. The van der Waals surface area contributed by atoms with Crippen molar-refractivity contribution in [2.24, 2.45) is 0 Å². The van der Waals surface area contributed by atoms with Crippen molar-refractivity contribution in [3.63, 3.8) is 0 Å². The van der Waals surface area contributed by atoms with Crippen LogP contribution >= 0.6 is 11.6 Å². The molecule has 2 rings (SSSR count). The van der Waals surface area contributed by atoms with E-state index in [1.165, 1.54) is 0 Å². The highest BCUT2D eigenvalue weighted by molar-refractivity contribution is 6.17. The molecule has 0 saturated heterocycles. The summed E-state index contributed by atoms with van der Waals surface area (Å²) in [6.07, 6.45) is 5.09. The van der Waals surface area contributed by atoms with E-state index in [-0.39, 0.29) is 0 Å². The zero-order valence-electron chi connectivity index (χ0n) is 7.52. The SMILES string of the molecule is ClCc1cccc(-c2cnccn2)c1. The number of benzene rings is 1. The van der Waals surface area contributed by atoms with Crippen LogP contribution in [0.4, 0.5) is 0 Å². The molecule has 2 nitrogen and oxygen atoms in total. The molecule has 2 aromatic rings. The van der Waals surface area contributed by atoms with Crippen molar-refractivity contribution in [1.29, 1.82) is 0 Å². The minimum Gasteiger partial charge on any atom is -0.261 e. The van der Waals surface area contributed by atoms with Crippen molar-refractivity contribution in [3.8, 4) is 11.3 Å². The third-order valence-electron chi connectivity index (χ3n) is 1.94. The van der Waals surface area contributed by atoms with Crippen LogP contribution in [-0.2, 0) is 5.88 Å². The first kappa shape index (κ1) is 9.16. The summed E-state index contributed by atoms with van der Waals surface area (Å²) in [6.45, 7) is 0. The Bertz CT molecular complexity index is 415. The molecule has 0 bridgehead atoms. The van der Waals surface area contributed by atoms with E-state index in [0.717, 1.165) is 16.8 Å². The molecule has 0 atom stereocenters. The maximum absolute atomic E-state index is 5.75. The van der Waals surface area contributed by atoms with Gasteiger partial charge >= 0.3 is 0 Å². The van der Waals surface area contributed by atoms with Crippen LogP contribution in [0.1, 0.15) is 5.56 Å². The number of hydrogen-bond donors (Lipinski definition) is 0. The molecule has 0 N–H and O–H groups in total. The van der Waals surface area contributed by atoms with E-state index in [4.69, 9.17) is 11.6 Å². The second-order valence-electron chi connectivity index (χ2n) is 2.92. The second-order valence-corrected chi connectivity index (χ2v) is 3.19. The van der Waals surface area contributed by atoms with Crippen molar-refractivity contribution in [1.82, 2.24) is 9.97 Å². The largest absolute Gasteiger partial charge is 0.261 e. The van der Waals surface area contributed by atoms with Gasteiger partial charge in [-0.15, -0.1) is 11.6 Å². The average molecular weight is 205 g/mol. The zero-order chi connectivity index (χ0) is 9.80. The van der Waals surface area contributed by atoms with E-state index in [1.54, 1.807) is 18.6 Å². The molecule has 0 amide bonds. The third kappa shape index (κ3) is 1.91. The summed E-state index contributed by atoms with van der Waals surface area (Å²) in [7, 11) is 0. The quantitative estimate of drug-likeness (QED) is 0.703. The molecule has 0 unspecified atom stereocenters. The monoisotopic (exact) mass is 204 g/mol. The standard InChI is InChI=1S/C11H9ClN2/c12-7-9-2-1-3-10(6-9)11-8-13-4-5-14-11/h1-6,8H,7H2. The Labute approximate surface area is 87.6 Å². The molecule has 0 spiro atoms. The maximum atomic E-state index is 5.75. The molecule has 1 aromatic heterocycles. The number of alkyl halides is 1. The van der Waals surface area contributed by atoms with Gasteiger partial charge in [0.25, 0.3) is 0 Å². The predicted octanol–water partition coefficient (Wildman–Crippen LogP) is 2.88. The van der Waals surface area contributed by atoms with Gasteiger partial charge in [0, 0.05) is 23.8 Å². The van der Waals surface area contributed by atoms with Crippen molar-refractivity contribution in [2.45, 2.75) is 5.88 Å². The van der Waals surface area contributed by atoms with E-state index >= 15 is 0 Å². The molecule has 0 aliphatic rings. The third-order valence-corrected chi connectivity index (χ3v) is 2.25. The first-order chi connectivity index (χ1) is 6.90. The van der Waals surface area contributed by atoms with Crippen molar-refractivity contribution >= 4 is 11.6 Å². The summed E-state index contributed by atoms with van der Waals surface area (Å²) in [5.74, 6) is 0.522. The Kier molecular flexibility index (Phi) is 2.75. The Balaban J connectivity index is 2.42. The molecule has 0 fully saturated rings. The lowest BCUT2D eigenvalue weighted by molar-refractivity contribution is 1.20. The van der Waals surface area contributed by atoms with E-state index in [2.05, 4.69) is 9.97 Å². The van der Waals surface area contributed by atoms with Gasteiger partial charge in [-0.1, -0.05) is 18.2 Å². The summed E-state index contributed by atoms with van der Waals surface area (Å²) in [4.78, 5) is 8.24. The lowest BCUT2D eigenvalue weighted by atomic mass is 10.1. The van der Waals surface area contributed by atoms with E-state index in [0.29, 0.717) is 5.88 Å². The molecule has 1 aromatic carbocycles. The Hall–Kier alpha value is -1.41. The summed E-state index contributed by atoms with van der Waals surface area (Å²) in [5.41, 5.74) is 3.02. The van der Waals surface area contributed by atoms with Gasteiger partial charge in [-0.25, -0.2) is 0 Å². The van der Waals surface area contributed by atoms with Gasteiger partial charge in [0.05, 0.1) is 11.9 Å². The van der Waals surface area contributed by atoms with Crippen LogP contribution < -0.4 is 0 Å². The van der Waals surface area contributed by atoms with Crippen LogP contribution in [0.5, 0.6) is 0 Å². The zero-order valence-corrected chi connectivity index (χ0v) is 8.28. The molecule has 70 valence electrons. The lowest BCUT2D eigenvalue weighted by Gasteiger charge is -2.01. The second kappa shape index (κ2) is 4.20. The lowest BCUT2D eigenvalue weighted by Crippen LogP contribution is -1.85.